The minimum atomic E-state index is 1.02. The highest BCUT2D eigenvalue weighted by Crippen LogP contribution is 2.23. The summed E-state index contributed by atoms with van der Waals surface area (Å²) in [5, 5.41) is 3.12. The van der Waals surface area contributed by atoms with Crippen LogP contribution in [-0.4, -0.2) is 13.6 Å². The van der Waals surface area contributed by atoms with E-state index in [4.69, 9.17) is 0 Å². The maximum absolute atomic E-state index is 3.47. The van der Waals surface area contributed by atoms with Crippen molar-refractivity contribution >= 4 is 31.9 Å². The Morgan fingerprint density at radius 2 is 2.00 bits per heavy atom. The van der Waals surface area contributed by atoms with Crippen molar-refractivity contribution in [1.29, 1.82) is 0 Å². The molecule has 0 aliphatic heterocycles. The van der Waals surface area contributed by atoms with E-state index in [0.717, 1.165) is 21.9 Å². The molecule has 0 aliphatic rings. The summed E-state index contributed by atoms with van der Waals surface area (Å²) in [6, 6.07) is 6.34. The van der Waals surface area contributed by atoms with Crippen LogP contribution in [0.25, 0.3) is 0 Å². The molecule has 3 heteroatoms. The lowest BCUT2D eigenvalue weighted by atomic mass is 10.1. The standard InChI is InChI=1S/C9H11Br2N/c1-12-5-4-7-2-3-8(10)9(11)6-7/h2-3,6,12H,4-5H2,1H3. The first-order chi connectivity index (χ1) is 5.74. The van der Waals surface area contributed by atoms with Crippen molar-refractivity contribution in [1.82, 2.24) is 5.32 Å². The van der Waals surface area contributed by atoms with Gasteiger partial charge in [-0.25, -0.2) is 0 Å². The average molecular weight is 293 g/mol. The predicted octanol–water partition coefficient (Wildman–Crippen LogP) is 2.97. The SMILES string of the molecule is CNCCc1ccc(Br)c(Br)c1. The molecule has 0 spiro atoms. The molecule has 0 saturated carbocycles. The van der Waals surface area contributed by atoms with E-state index in [-0.39, 0.29) is 0 Å². The van der Waals surface area contributed by atoms with Gasteiger partial charge in [0.05, 0.1) is 0 Å². The van der Waals surface area contributed by atoms with Crippen LogP contribution in [0.2, 0.25) is 0 Å². The first-order valence-electron chi connectivity index (χ1n) is 3.82. The first kappa shape index (κ1) is 10.2. The second-order valence-corrected chi connectivity index (χ2v) is 4.31. The van der Waals surface area contributed by atoms with Crippen molar-refractivity contribution < 1.29 is 0 Å². The largest absolute Gasteiger partial charge is 0.319 e. The normalized spacial score (nSPS) is 10.2. The lowest BCUT2D eigenvalue weighted by Gasteiger charge is -2.02. The van der Waals surface area contributed by atoms with E-state index in [9.17, 15) is 0 Å². The van der Waals surface area contributed by atoms with E-state index in [1.807, 2.05) is 7.05 Å². The third-order valence-electron chi connectivity index (χ3n) is 1.65. The highest BCUT2D eigenvalue weighted by atomic mass is 79.9. The van der Waals surface area contributed by atoms with Crippen molar-refractivity contribution in [2.24, 2.45) is 0 Å². The summed E-state index contributed by atoms with van der Waals surface area (Å²) in [5.41, 5.74) is 1.35. The second-order valence-electron chi connectivity index (χ2n) is 2.60. The molecule has 0 bridgehead atoms. The molecular formula is C9H11Br2N. The van der Waals surface area contributed by atoms with Crippen molar-refractivity contribution in [3.05, 3.63) is 32.7 Å². The zero-order chi connectivity index (χ0) is 8.97. The molecule has 12 heavy (non-hydrogen) atoms. The molecule has 0 saturated heterocycles. The van der Waals surface area contributed by atoms with E-state index in [1.165, 1.54) is 5.56 Å². The third kappa shape index (κ3) is 2.88. The van der Waals surface area contributed by atoms with Crippen LogP contribution in [0.5, 0.6) is 0 Å². The second kappa shape index (κ2) is 5.00. The fraction of sp³-hybridized carbons (Fsp3) is 0.333. The summed E-state index contributed by atoms with van der Waals surface area (Å²) in [4.78, 5) is 0. The fourth-order valence-electron chi connectivity index (χ4n) is 0.964. The number of likely N-dealkylation sites (N-methyl/N-ethyl adjacent to an activating group) is 1. The fourth-order valence-corrected chi connectivity index (χ4v) is 1.64. The Balaban J connectivity index is 2.69. The Bertz CT molecular complexity index is 261. The van der Waals surface area contributed by atoms with Crippen LogP contribution >= 0.6 is 31.9 Å². The molecule has 1 aromatic carbocycles. The third-order valence-corrected chi connectivity index (χ3v) is 3.53. The van der Waals surface area contributed by atoms with Crippen LogP contribution in [0, 0.1) is 0 Å². The van der Waals surface area contributed by atoms with Gasteiger partial charge in [-0.1, -0.05) is 6.07 Å². The molecule has 0 heterocycles. The van der Waals surface area contributed by atoms with Crippen LogP contribution in [-0.2, 0) is 6.42 Å². The van der Waals surface area contributed by atoms with Gasteiger partial charge in [0.15, 0.2) is 0 Å². The molecule has 66 valence electrons. The smallest absolute Gasteiger partial charge is 0.0320 e. The number of hydrogen-bond donors (Lipinski definition) is 1. The van der Waals surface area contributed by atoms with Gasteiger partial charge >= 0.3 is 0 Å². The topological polar surface area (TPSA) is 12.0 Å². The summed E-state index contributed by atoms with van der Waals surface area (Å²) >= 11 is 6.91. The Kier molecular flexibility index (Phi) is 4.26. The molecule has 1 rings (SSSR count). The molecular weight excluding hydrogens is 282 g/mol. The number of halogens is 2. The Hall–Kier alpha value is 0.140. The summed E-state index contributed by atoms with van der Waals surface area (Å²) < 4.78 is 2.23. The molecule has 0 aliphatic carbocycles. The summed E-state index contributed by atoms with van der Waals surface area (Å²) in [5.74, 6) is 0. The average Bonchev–Trinajstić information content (AvgIpc) is 2.07. The molecule has 1 aromatic rings. The predicted molar refractivity (Wildman–Crippen MR) is 59.5 cm³/mol. The monoisotopic (exact) mass is 291 g/mol. The van der Waals surface area contributed by atoms with Crippen LogP contribution in [0.1, 0.15) is 5.56 Å². The zero-order valence-electron chi connectivity index (χ0n) is 6.90. The summed E-state index contributed by atoms with van der Waals surface area (Å²) in [6.45, 7) is 1.02. The number of benzene rings is 1. The van der Waals surface area contributed by atoms with Crippen LogP contribution in [0.15, 0.2) is 27.1 Å². The lowest BCUT2D eigenvalue weighted by molar-refractivity contribution is 0.791. The van der Waals surface area contributed by atoms with Gasteiger partial charge in [0.2, 0.25) is 0 Å². The van der Waals surface area contributed by atoms with Gasteiger partial charge in [-0.05, 0) is 69.6 Å². The Morgan fingerprint density at radius 1 is 1.25 bits per heavy atom. The van der Waals surface area contributed by atoms with E-state index < -0.39 is 0 Å². The molecule has 0 fully saturated rings. The minimum Gasteiger partial charge on any atom is -0.319 e. The van der Waals surface area contributed by atoms with Crippen molar-refractivity contribution in [2.75, 3.05) is 13.6 Å². The summed E-state index contributed by atoms with van der Waals surface area (Å²) in [6.07, 6.45) is 1.07. The maximum Gasteiger partial charge on any atom is 0.0320 e. The van der Waals surface area contributed by atoms with Gasteiger partial charge in [-0.2, -0.15) is 0 Å². The minimum absolute atomic E-state index is 1.02. The van der Waals surface area contributed by atoms with Crippen molar-refractivity contribution in [2.45, 2.75) is 6.42 Å². The van der Waals surface area contributed by atoms with E-state index in [2.05, 4.69) is 55.4 Å². The van der Waals surface area contributed by atoms with Crippen molar-refractivity contribution in [3.8, 4) is 0 Å². The van der Waals surface area contributed by atoms with Crippen LogP contribution in [0.3, 0.4) is 0 Å². The molecule has 0 unspecified atom stereocenters. The molecule has 1 N–H and O–H groups in total. The van der Waals surface area contributed by atoms with Crippen molar-refractivity contribution in [3.63, 3.8) is 0 Å². The van der Waals surface area contributed by atoms with Crippen LogP contribution in [0.4, 0.5) is 0 Å². The number of nitrogens with one attached hydrogen (secondary N) is 1. The molecule has 0 amide bonds. The molecule has 0 atom stereocenters. The number of rotatable bonds is 3. The van der Waals surface area contributed by atoms with E-state index in [0.29, 0.717) is 0 Å². The highest BCUT2D eigenvalue weighted by Gasteiger charge is 1.97. The highest BCUT2D eigenvalue weighted by molar-refractivity contribution is 9.13. The molecule has 1 nitrogen and oxygen atoms in total. The Labute approximate surface area is 89.8 Å². The quantitative estimate of drug-likeness (QED) is 0.903. The van der Waals surface area contributed by atoms with E-state index in [1.54, 1.807) is 0 Å². The van der Waals surface area contributed by atoms with Gasteiger partial charge in [0.1, 0.15) is 0 Å². The van der Waals surface area contributed by atoms with E-state index >= 15 is 0 Å². The Morgan fingerprint density at radius 3 is 2.58 bits per heavy atom. The molecule has 0 radical (unpaired) electrons. The molecule has 0 aromatic heterocycles. The van der Waals surface area contributed by atoms with Gasteiger partial charge < -0.3 is 5.32 Å². The first-order valence-corrected chi connectivity index (χ1v) is 5.41. The van der Waals surface area contributed by atoms with Gasteiger partial charge in [0, 0.05) is 8.95 Å². The van der Waals surface area contributed by atoms with Gasteiger partial charge in [-0.3, -0.25) is 0 Å². The number of hydrogen-bond acceptors (Lipinski definition) is 1. The van der Waals surface area contributed by atoms with Gasteiger partial charge in [-0.15, -0.1) is 0 Å². The zero-order valence-corrected chi connectivity index (χ0v) is 10.1. The van der Waals surface area contributed by atoms with Crippen LogP contribution < -0.4 is 5.32 Å². The van der Waals surface area contributed by atoms with Gasteiger partial charge in [0.25, 0.3) is 0 Å². The summed E-state index contributed by atoms with van der Waals surface area (Å²) in [7, 11) is 1.97. The lowest BCUT2D eigenvalue weighted by Crippen LogP contribution is -2.10. The maximum atomic E-state index is 3.47.